The van der Waals surface area contributed by atoms with E-state index in [9.17, 15) is 4.79 Å². The highest BCUT2D eigenvalue weighted by Crippen LogP contribution is 2.35. The number of likely N-dealkylation sites (tertiary alicyclic amines) is 1. The van der Waals surface area contributed by atoms with Gasteiger partial charge in [0.2, 0.25) is 11.9 Å². The van der Waals surface area contributed by atoms with Crippen LogP contribution in [-0.4, -0.2) is 59.2 Å². The summed E-state index contributed by atoms with van der Waals surface area (Å²) in [5.74, 6) is 1.16. The smallest absolute Gasteiger partial charge is 0.228 e. The van der Waals surface area contributed by atoms with E-state index in [0.29, 0.717) is 18.7 Å². The van der Waals surface area contributed by atoms with Crippen LogP contribution in [0.1, 0.15) is 19.3 Å². The summed E-state index contributed by atoms with van der Waals surface area (Å²) in [5.41, 5.74) is 0. The number of hydrogen-bond acceptors (Lipinski definition) is 5. The lowest BCUT2D eigenvalue weighted by atomic mass is 10.1. The van der Waals surface area contributed by atoms with Crippen molar-refractivity contribution in [3.8, 4) is 0 Å². The summed E-state index contributed by atoms with van der Waals surface area (Å²) < 4.78 is 5.36. The Morgan fingerprint density at radius 1 is 1.14 bits per heavy atom. The number of hydrogen-bond donors (Lipinski definition) is 0. The molecule has 1 amide bonds. The quantitative estimate of drug-likeness (QED) is 0.801. The molecule has 0 aromatic carbocycles. The van der Waals surface area contributed by atoms with Gasteiger partial charge in [0, 0.05) is 32.1 Å². The van der Waals surface area contributed by atoms with Gasteiger partial charge >= 0.3 is 0 Å². The summed E-state index contributed by atoms with van der Waals surface area (Å²) in [6.07, 6.45) is 6.47. The van der Waals surface area contributed by atoms with Crippen molar-refractivity contribution in [3.05, 3.63) is 18.5 Å². The van der Waals surface area contributed by atoms with E-state index in [1.54, 1.807) is 12.4 Å². The Balaban J connectivity index is 1.49. The molecular formula is C15H20N4O2. The molecule has 3 aliphatic rings. The number of carbonyl (C=O) groups is 1. The number of ether oxygens (including phenoxy) is 1. The Morgan fingerprint density at radius 3 is 2.71 bits per heavy atom. The first-order valence-electron chi connectivity index (χ1n) is 7.76. The SMILES string of the molecule is O=C([C@@H]1CCOC1)N1CC[C@H]2[C@H]1CCN2c1ncccn1. The fraction of sp³-hybridized carbons (Fsp3) is 0.667. The van der Waals surface area contributed by atoms with Crippen LogP contribution in [0, 0.1) is 5.92 Å². The molecular weight excluding hydrogens is 268 g/mol. The second-order valence-corrected chi connectivity index (χ2v) is 6.05. The molecule has 112 valence electrons. The maximum absolute atomic E-state index is 12.6. The molecule has 3 aliphatic heterocycles. The van der Waals surface area contributed by atoms with Crippen LogP contribution >= 0.6 is 0 Å². The first-order chi connectivity index (χ1) is 10.3. The highest BCUT2D eigenvalue weighted by Gasteiger charge is 2.46. The molecule has 0 bridgehead atoms. The molecule has 4 rings (SSSR count). The van der Waals surface area contributed by atoms with Gasteiger partial charge in [-0.2, -0.15) is 0 Å². The molecule has 4 heterocycles. The van der Waals surface area contributed by atoms with Crippen molar-refractivity contribution >= 4 is 11.9 Å². The fourth-order valence-corrected chi connectivity index (χ4v) is 3.91. The van der Waals surface area contributed by atoms with Gasteiger partial charge in [0.05, 0.1) is 24.6 Å². The molecule has 6 heteroatoms. The van der Waals surface area contributed by atoms with E-state index >= 15 is 0 Å². The van der Waals surface area contributed by atoms with Crippen molar-refractivity contribution in [2.45, 2.75) is 31.3 Å². The first-order valence-corrected chi connectivity index (χ1v) is 7.76. The van der Waals surface area contributed by atoms with Crippen LogP contribution in [0.5, 0.6) is 0 Å². The zero-order valence-corrected chi connectivity index (χ0v) is 12.0. The molecule has 0 aliphatic carbocycles. The molecule has 0 N–H and O–H groups in total. The van der Waals surface area contributed by atoms with E-state index in [1.807, 2.05) is 6.07 Å². The van der Waals surface area contributed by atoms with E-state index in [0.717, 1.165) is 44.9 Å². The van der Waals surface area contributed by atoms with Crippen molar-refractivity contribution in [1.82, 2.24) is 14.9 Å². The number of carbonyl (C=O) groups excluding carboxylic acids is 1. The van der Waals surface area contributed by atoms with Gasteiger partial charge in [-0.1, -0.05) is 0 Å². The second kappa shape index (κ2) is 5.26. The third-order valence-electron chi connectivity index (χ3n) is 4.95. The molecule has 0 spiro atoms. The van der Waals surface area contributed by atoms with Crippen molar-refractivity contribution in [2.75, 3.05) is 31.2 Å². The fourth-order valence-electron chi connectivity index (χ4n) is 3.91. The average molecular weight is 288 g/mol. The minimum Gasteiger partial charge on any atom is -0.381 e. The van der Waals surface area contributed by atoms with Gasteiger partial charge in [-0.25, -0.2) is 9.97 Å². The number of anilines is 1. The van der Waals surface area contributed by atoms with Crippen molar-refractivity contribution < 1.29 is 9.53 Å². The molecule has 0 unspecified atom stereocenters. The normalized spacial score (nSPS) is 31.7. The number of aromatic nitrogens is 2. The van der Waals surface area contributed by atoms with E-state index in [1.165, 1.54) is 0 Å². The average Bonchev–Trinajstić information content (AvgIpc) is 3.24. The lowest BCUT2D eigenvalue weighted by molar-refractivity contribution is -0.136. The van der Waals surface area contributed by atoms with E-state index in [2.05, 4.69) is 19.8 Å². The van der Waals surface area contributed by atoms with Gasteiger partial charge < -0.3 is 14.5 Å². The van der Waals surface area contributed by atoms with Crippen molar-refractivity contribution in [3.63, 3.8) is 0 Å². The summed E-state index contributed by atoms with van der Waals surface area (Å²) >= 11 is 0. The molecule has 0 radical (unpaired) electrons. The van der Waals surface area contributed by atoms with Crippen LogP contribution in [-0.2, 0) is 9.53 Å². The Kier molecular flexibility index (Phi) is 3.25. The Bertz CT molecular complexity index is 518. The molecule has 1 aromatic rings. The summed E-state index contributed by atoms with van der Waals surface area (Å²) in [6.45, 7) is 3.11. The highest BCUT2D eigenvalue weighted by atomic mass is 16.5. The minimum absolute atomic E-state index is 0.0748. The lowest BCUT2D eigenvalue weighted by Gasteiger charge is -2.27. The zero-order valence-electron chi connectivity index (χ0n) is 12.0. The summed E-state index contributed by atoms with van der Waals surface area (Å²) in [6, 6.07) is 2.53. The molecule has 3 fully saturated rings. The summed E-state index contributed by atoms with van der Waals surface area (Å²) in [4.78, 5) is 25.7. The summed E-state index contributed by atoms with van der Waals surface area (Å²) in [7, 11) is 0. The Morgan fingerprint density at radius 2 is 1.95 bits per heavy atom. The monoisotopic (exact) mass is 288 g/mol. The number of nitrogens with zero attached hydrogens (tertiary/aromatic N) is 4. The minimum atomic E-state index is 0.0748. The van der Waals surface area contributed by atoms with Gasteiger partial charge in [0.1, 0.15) is 0 Å². The maximum atomic E-state index is 12.6. The molecule has 0 saturated carbocycles. The molecule has 21 heavy (non-hydrogen) atoms. The van der Waals surface area contributed by atoms with Crippen molar-refractivity contribution in [2.24, 2.45) is 5.92 Å². The van der Waals surface area contributed by atoms with Crippen LogP contribution in [0.3, 0.4) is 0 Å². The predicted molar refractivity (Wildman–Crippen MR) is 76.8 cm³/mol. The predicted octanol–water partition coefficient (Wildman–Crippen LogP) is 0.693. The van der Waals surface area contributed by atoms with Crippen LogP contribution in [0.4, 0.5) is 5.95 Å². The third-order valence-corrected chi connectivity index (χ3v) is 4.95. The van der Waals surface area contributed by atoms with E-state index in [-0.39, 0.29) is 11.8 Å². The topological polar surface area (TPSA) is 58.6 Å². The van der Waals surface area contributed by atoms with E-state index < -0.39 is 0 Å². The second-order valence-electron chi connectivity index (χ2n) is 6.05. The molecule has 3 atom stereocenters. The summed E-state index contributed by atoms with van der Waals surface area (Å²) in [5, 5.41) is 0. The molecule has 6 nitrogen and oxygen atoms in total. The van der Waals surface area contributed by atoms with Gasteiger partial charge in [0.15, 0.2) is 0 Å². The zero-order chi connectivity index (χ0) is 14.2. The molecule has 1 aromatic heterocycles. The van der Waals surface area contributed by atoms with Gasteiger partial charge in [-0.3, -0.25) is 4.79 Å². The van der Waals surface area contributed by atoms with Crippen molar-refractivity contribution in [1.29, 1.82) is 0 Å². The largest absolute Gasteiger partial charge is 0.381 e. The first kappa shape index (κ1) is 13.0. The number of amides is 1. The van der Waals surface area contributed by atoms with Crippen LogP contribution < -0.4 is 4.90 Å². The van der Waals surface area contributed by atoms with Crippen LogP contribution in [0.2, 0.25) is 0 Å². The Labute approximate surface area is 124 Å². The number of rotatable bonds is 2. The number of fused-ring (bicyclic) bond motifs is 1. The highest BCUT2D eigenvalue weighted by molar-refractivity contribution is 5.80. The van der Waals surface area contributed by atoms with E-state index in [4.69, 9.17) is 4.74 Å². The standard InChI is InChI=1S/C15H20N4O2/c20-14(11-4-9-21-10-11)18-7-2-13-12(18)3-8-19(13)15-16-5-1-6-17-15/h1,5-6,11-13H,2-4,7-10H2/t11-,12-,13+/m1/s1. The Hall–Kier alpha value is -1.69. The van der Waals surface area contributed by atoms with Gasteiger partial charge in [0.25, 0.3) is 0 Å². The van der Waals surface area contributed by atoms with Gasteiger partial charge in [-0.05, 0) is 25.3 Å². The third kappa shape index (κ3) is 2.18. The maximum Gasteiger partial charge on any atom is 0.228 e. The van der Waals surface area contributed by atoms with Crippen LogP contribution in [0.15, 0.2) is 18.5 Å². The lowest BCUT2D eigenvalue weighted by Crippen LogP contribution is -2.42. The molecule has 3 saturated heterocycles. The van der Waals surface area contributed by atoms with Crippen LogP contribution in [0.25, 0.3) is 0 Å². The van der Waals surface area contributed by atoms with Gasteiger partial charge in [-0.15, -0.1) is 0 Å².